The summed E-state index contributed by atoms with van der Waals surface area (Å²) in [5, 5.41) is 6.89. The van der Waals surface area contributed by atoms with E-state index in [1.165, 1.54) is 0 Å². The largest absolute Gasteiger partial charge is 0.393 e. The van der Waals surface area contributed by atoms with E-state index in [-0.39, 0.29) is 12.8 Å². The zero-order valence-corrected chi connectivity index (χ0v) is 17.5. The standard InChI is InChI=1S/C23H24F3N3O3/c1-22(16-11-10-14-6-2-3-7-15(14)12-16)20(31)29(21(32)28-22)13-19(30)27-18-9-5-4-8-17(18)23(24,25)26/h2-3,6-7,10-12,17-18H,4-5,8-9,13H2,1H3,(H,27,30)(H,28,32). The van der Waals surface area contributed by atoms with E-state index < -0.39 is 48.1 Å². The van der Waals surface area contributed by atoms with Gasteiger partial charge in [-0.25, -0.2) is 4.79 Å². The van der Waals surface area contributed by atoms with E-state index in [4.69, 9.17) is 0 Å². The number of nitrogens with zero attached hydrogens (tertiary/aromatic N) is 1. The molecule has 0 spiro atoms. The SMILES string of the molecule is CC1(c2ccc3ccccc3c2)NC(=O)N(CC(=O)NC2CCCCC2C(F)(F)F)C1=O. The van der Waals surface area contributed by atoms with Crippen LogP contribution < -0.4 is 10.6 Å². The van der Waals surface area contributed by atoms with E-state index in [1.54, 1.807) is 19.1 Å². The van der Waals surface area contributed by atoms with Gasteiger partial charge in [-0.3, -0.25) is 14.5 Å². The van der Waals surface area contributed by atoms with E-state index in [0.717, 1.165) is 15.7 Å². The second-order valence-corrected chi connectivity index (χ2v) is 8.61. The highest BCUT2D eigenvalue weighted by atomic mass is 19.4. The van der Waals surface area contributed by atoms with Gasteiger partial charge in [0.1, 0.15) is 12.1 Å². The molecule has 2 N–H and O–H groups in total. The van der Waals surface area contributed by atoms with Gasteiger partial charge in [0.05, 0.1) is 5.92 Å². The molecule has 2 aliphatic rings. The van der Waals surface area contributed by atoms with Crippen LogP contribution in [0.2, 0.25) is 0 Å². The fourth-order valence-electron chi connectivity index (χ4n) is 4.63. The molecule has 1 saturated carbocycles. The van der Waals surface area contributed by atoms with Crippen LogP contribution in [0.3, 0.4) is 0 Å². The van der Waals surface area contributed by atoms with Gasteiger partial charge in [0.15, 0.2) is 0 Å². The van der Waals surface area contributed by atoms with Gasteiger partial charge in [-0.05, 0) is 42.2 Å². The Labute approximate surface area is 183 Å². The van der Waals surface area contributed by atoms with Gasteiger partial charge in [0.2, 0.25) is 5.91 Å². The zero-order valence-electron chi connectivity index (χ0n) is 17.5. The number of imide groups is 1. The minimum absolute atomic E-state index is 0.0440. The van der Waals surface area contributed by atoms with Gasteiger partial charge in [-0.1, -0.05) is 49.2 Å². The van der Waals surface area contributed by atoms with Crippen LogP contribution in [0.25, 0.3) is 10.8 Å². The van der Waals surface area contributed by atoms with Crippen molar-refractivity contribution in [3.05, 3.63) is 48.0 Å². The maximum absolute atomic E-state index is 13.3. The highest BCUT2D eigenvalue weighted by Gasteiger charge is 2.50. The van der Waals surface area contributed by atoms with Crippen LogP contribution in [-0.2, 0) is 15.1 Å². The molecule has 0 aromatic heterocycles. The van der Waals surface area contributed by atoms with Crippen LogP contribution in [0.5, 0.6) is 0 Å². The molecule has 6 nitrogen and oxygen atoms in total. The highest BCUT2D eigenvalue weighted by Crippen LogP contribution is 2.38. The molecule has 9 heteroatoms. The summed E-state index contributed by atoms with van der Waals surface area (Å²) in [5.74, 6) is -3.02. The maximum atomic E-state index is 13.3. The normalized spacial score (nSPS) is 26.3. The molecule has 1 aliphatic heterocycles. The first-order valence-electron chi connectivity index (χ1n) is 10.6. The molecule has 3 unspecified atom stereocenters. The summed E-state index contributed by atoms with van der Waals surface area (Å²) in [6.45, 7) is 0.922. The molecule has 1 saturated heterocycles. The van der Waals surface area contributed by atoms with Crippen LogP contribution in [0.1, 0.15) is 38.2 Å². The third-order valence-corrected chi connectivity index (χ3v) is 6.44. The number of hydrogen-bond donors (Lipinski definition) is 2. The van der Waals surface area contributed by atoms with Crippen molar-refractivity contribution in [2.24, 2.45) is 5.92 Å². The Bertz CT molecular complexity index is 1070. The number of alkyl halides is 3. The number of nitrogens with one attached hydrogen (secondary N) is 2. The van der Waals surface area contributed by atoms with Gasteiger partial charge in [0.25, 0.3) is 5.91 Å². The number of fused-ring (bicyclic) bond motifs is 1. The zero-order chi connectivity index (χ0) is 23.1. The molecule has 0 radical (unpaired) electrons. The Morgan fingerprint density at radius 1 is 1.12 bits per heavy atom. The number of carbonyl (C=O) groups is 3. The Morgan fingerprint density at radius 2 is 1.81 bits per heavy atom. The topological polar surface area (TPSA) is 78.5 Å². The number of rotatable bonds is 4. The molecule has 0 bridgehead atoms. The Morgan fingerprint density at radius 3 is 2.53 bits per heavy atom. The summed E-state index contributed by atoms with van der Waals surface area (Å²) >= 11 is 0. The average molecular weight is 447 g/mol. The minimum Gasteiger partial charge on any atom is -0.351 e. The first-order valence-corrected chi connectivity index (χ1v) is 10.6. The summed E-state index contributed by atoms with van der Waals surface area (Å²) in [5.41, 5.74) is -0.817. The summed E-state index contributed by atoms with van der Waals surface area (Å²) in [6, 6.07) is 11.1. The van der Waals surface area contributed by atoms with E-state index in [1.807, 2.05) is 30.3 Å². The molecule has 32 heavy (non-hydrogen) atoms. The molecule has 1 aliphatic carbocycles. The summed E-state index contributed by atoms with van der Waals surface area (Å²) in [4.78, 5) is 38.9. The summed E-state index contributed by atoms with van der Waals surface area (Å²) in [6.07, 6.45) is -3.20. The fourth-order valence-corrected chi connectivity index (χ4v) is 4.63. The van der Waals surface area contributed by atoms with Gasteiger partial charge >= 0.3 is 12.2 Å². The molecule has 2 aromatic carbocycles. The second-order valence-electron chi connectivity index (χ2n) is 8.61. The molecule has 4 rings (SSSR count). The van der Waals surface area contributed by atoms with Crippen LogP contribution in [0, 0.1) is 5.92 Å². The van der Waals surface area contributed by atoms with Crippen molar-refractivity contribution in [2.75, 3.05) is 6.54 Å². The number of hydrogen-bond acceptors (Lipinski definition) is 3. The predicted octanol–water partition coefficient (Wildman–Crippen LogP) is 3.84. The van der Waals surface area contributed by atoms with Crippen LogP contribution >= 0.6 is 0 Å². The lowest BCUT2D eigenvalue weighted by Crippen LogP contribution is -2.51. The van der Waals surface area contributed by atoms with Crippen molar-refractivity contribution in [3.8, 4) is 0 Å². The van der Waals surface area contributed by atoms with Gasteiger partial charge in [0, 0.05) is 6.04 Å². The number of halogens is 3. The number of benzene rings is 2. The van der Waals surface area contributed by atoms with Crippen molar-refractivity contribution in [1.29, 1.82) is 0 Å². The van der Waals surface area contributed by atoms with Gasteiger partial charge in [-0.2, -0.15) is 13.2 Å². The monoisotopic (exact) mass is 447 g/mol. The lowest BCUT2D eigenvalue weighted by molar-refractivity contribution is -0.189. The van der Waals surface area contributed by atoms with Crippen molar-refractivity contribution in [1.82, 2.24) is 15.5 Å². The van der Waals surface area contributed by atoms with Crippen molar-refractivity contribution >= 4 is 28.6 Å². The number of amides is 4. The second kappa shape index (κ2) is 8.11. The number of urea groups is 1. The van der Waals surface area contributed by atoms with Gasteiger partial charge < -0.3 is 10.6 Å². The van der Waals surface area contributed by atoms with Crippen LogP contribution in [0.15, 0.2) is 42.5 Å². The average Bonchev–Trinajstić information content (AvgIpc) is 2.97. The lowest BCUT2D eigenvalue weighted by Gasteiger charge is -2.33. The van der Waals surface area contributed by atoms with E-state index in [0.29, 0.717) is 18.4 Å². The molecular weight excluding hydrogens is 423 g/mol. The van der Waals surface area contributed by atoms with Gasteiger partial charge in [-0.15, -0.1) is 0 Å². The number of carbonyl (C=O) groups excluding carboxylic acids is 3. The first kappa shape index (κ1) is 22.1. The van der Waals surface area contributed by atoms with Crippen LogP contribution in [-0.4, -0.2) is 41.5 Å². The van der Waals surface area contributed by atoms with E-state index in [2.05, 4.69) is 10.6 Å². The highest BCUT2D eigenvalue weighted by molar-refractivity contribution is 6.09. The molecule has 2 fully saturated rings. The fraction of sp³-hybridized carbons (Fsp3) is 0.435. The van der Waals surface area contributed by atoms with Crippen molar-refractivity contribution < 1.29 is 27.6 Å². The molecule has 170 valence electrons. The van der Waals surface area contributed by atoms with E-state index >= 15 is 0 Å². The minimum atomic E-state index is -4.41. The Hall–Kier alpha value is -3.10. The Kier molecular flexibility index (Phi) is 5.60. The smallest absolute Gasteiger partial charge is 0.351 e. The molecular formula is C23H24F3N3O3. The third-order valence-electron chi connectivity index (χ3n) is 6.44. The first-order chi connectivity index (χ1) is 15.1. The van der Waals surface area contributed by atoms with Crippen LogP contribution in [0.4, 0.5) is 18.0 Å². The molecule has 1 heterocycles. The molecule has 2 aromatic rings. The lowest BCUT2D eigenvalue weighted by atomic mass is 9.84. The summed E-state index contributed by atoms with van der Waals surface area (Å²) in [7, 11) is 0. The third kappa shape index (κ3) is 4.03. The van der Waals surface area contributed by atoms with E-state index in [9.17, 15) is 27.6 Å². The molecule has 4 amide bonds. The van der Waals surface area contributed by atoms with Crippen molar-refractivity contribution in [3.63, 3.8) is 0 Å². The quantitative estimate of drug-likeness (QED) is 0.699. The Balaban J connectivity index is 1.49. The maximum Gasteiger partial charge on any atom is 0.393 e. The predicted molar refractivity (Wildman–Crippen MR) is 111 cm³/mol. The summed E-state index contributed by atoms with van der Waals surface area (Å²) < 4.78 is 39.9. The molecule has 3 atom stereocenters. The van der Waals surface area contributed by atoms with Crippen molar-refractivity contribution in [2.45, 2.75) is 50.4 Å².